The summed E-state index contributed by atoms with van der Waals surface area (Å²) < 4.78 is 5.32. The maximum absolute atomic E-state index is 10.0. The zero-order chi connectivity index (χ0) is 8.10. The summed E-state index contributed by atoms with van der Waals surface area (Å²) in [5.41, 5.74) is 0. The van der Waals surface area contributed by atoms with E-state index in [1.807, 2.05) is 6.08 Å². The van der Waals surface area contributed by atoms with Crippen LogP contribution < -0.4 is 0 Å². The lowest BCUT2D eigenvalue weighted by Gasteiger charge is -2.12. The highest BCUT2D eigenvalue weighted by molar-refractivity contribution is 5.50. The first-order valence-electron chi connectivity index (χ1n) is 4.04. The molecule has 2 nitrogen and oxygen atoms in total. The molecular weight excluding hydrogens is 140 g/mol. The summed E-state index contributed by atoms with van der Waals surface area (Å²) in [6.07, 6.45) is 6.28. The van der Waals surface area contributed by atoms with Crippen LogP contribution >= 0.6 is 0 Å². The van der Waals surface area contributed by atoms with Gasteiger partial charge in [0.05, 0.1) is 6.10 Å². The van der Waals surface area contributed by atoms with E-state index < -0.39 is 0 Å². The van der Waals surface area contributed by atoms with Crippen LogP contribution in [0.1, 0.15) is 19.3 Å². The van der Waals surface area contributed by atoms with Gasteiger partial charge < -0.3 is 9.53 Å². The van der Waals surface area contributed by atoms with E-state index in [1.54, 1.807) is 0 Å². The fourth-order valence-electron chi connectivity index (χ4n) is 1.19. The van der Waals surface area contributed by atoms with Gasteiger partial charge in [0.25, 0.3) is 0 Å². The average Bonchev–Trinajstić information content (AvgIpc) is 2.80. The van der Waals surface area contributed by atoms with Crippen molar-refractivity contribution in [2.75, 3.05) is 6.61 Å². The summed E-state index contributed by atoms with van der Waals surface area (Å²) in [6, 6.07) is 0. The fourth-order valence-corrected chi connectivity index (χ4v) is 1.19. The van der Waals surface area contributed by atoms with E-state index in [1.165, 1.54) is 12.8 Å². The fraction of sp³-hybridized carbons (Fsp3) is 0.667. The highest BCUT2D eigenvalue weighted by Crippen LogP contribution is 2.35. The molecule has 2 heteroatoms. The minimum atomic E-state index is 0.231. The Bertz CT molecular complexity index is 138. The van der Waals surface area contributed by atoms with Gasteiger partial charge in [0.15, 0.2) is 0 Å². The van der Waals surface area contributed by atoms with Crippen LogP contribution in [0.15, 0.2) is 12.7 Å². The van der Waals surface area contributed by atoms with Crippen LogP contribution in [-0.4, -0.2) is 19.0 Å². The largest absolute Gasteiger partial charge is 0.370 e. The molecule has 62 valence electrons. The number of hydrogen-bond donors (Lipinski definition) is 0. The van der Waals surface area contributed by atoms with E-state index in [0.717, 1.165) is 12.7 Å². The molecule has 0 aromatic heterocycles. The van der Waals surface area contributed by atoms with E-state index in [9.17, 15) is 4.79 Å². The zero-order valence-electron chi connectivity index (χ0n) is 6.66. The number of aldehydes is 1. The lowest BCUT2D eigenvalue weighted by molar-refractivity contribution is -0.114. The van der Waals surface area contributed by atoms with Crippen molar-refractivity contribution in [3.8, 4) is 0 Å². The van der Waals surface area contributed by atoms with E-state index in [0.29, 0.717) is 5.92 Å². The lowest BCUT2D eigenvalue weighted by atomic mass is 10.1. The third kappa shape index (κ3) is 2.85. The Morgan fingerprint density at radius 1 is 1.64 bits per heavy atom. The summed E-state index contributed by atoms with van der Waals surface area (Å²) in [5, 5.41) is 0. The third-order valence-electron chi connectivity index (χ3n) is 1.93. The van der Waals surface area contributed by atoms with Gasteiger partial charge in [-0.1, -0.05) is 6.08 Å². The Balaban J connectivity index is 2.19. The molecule has 0 aromatic carbocycles. The smallest absolute Gasteiger partial charge is 0.145 e. The summed E-state index contributed by atoms with van der Waals surface area (Å²) in [4.78, 5) is 10.0. The highest BCUT2D eigenvalue weighted by Gasteiger charge is 2.30. The van der Waals surface area contributed by atoms with E-state index in [-0.39, 0.29) is 12.7 Å². The first kappa shape index (κ1) is 8.47. The molecule has 0 aliphatic heterocycles. The molecule has 1 rings (SSSR count). The Morgan fingerprint density at radius 3 is 2.82 bits per heavy atom. The number of ether oxygens (including phenoxy) is 1. The van der Waals surface area contributed by atoms with Crippen LogP contribution in [0.5, 0.6) is 0 Å². The first-order valence-corrected chi connectivity index (χ1v) is 4.04. The van der Waals surface area contributed by atoms with Crippen LogP contribution in [0.4, 0.5) is 0 Å². The third-order valence-corrected chi connectivity index (χ3v) is 1.93. The quantitative estimate of drug-likeness (QED) is 0.428. The monoisotopic (exact) mass is 154 g/mol. The van der Waals surface area contributed by atoms with Crippen LogP contribution in [0.25, 0.3) is 0 Å². The molecule has 1 aliphatic rings. The first-order chi connectivity index (χ1) is 5.38. The molecule has 0 bridgehead atoms. The lowest BCUT2D eigenvalue weighted by Crippen LogP contribution is -2.15. The second-order valence-electron chi connectivity index (χ2n) is 2.90. The molecular formula is C9H14O2. The van der Waals surface area contributed by atoms with Gasteiger partial charge in [0, 0.05) is 0 Å². The van der Waals surface area contributed by atoms with Gasteiger partial charge in [-0.05, 0) is 25.2 Å². The van der Waals surface area contributed by atoms with E-state index >= 15 is 0 Å². The Labute approximate surface area is 67.2 Å². The van der Waals surface area contributed by atoms with E-state index in [2.05, 4.69) is 6.58 Å². The summed E-state index contributed by atoms with van der Waals surface area (Å²) in [6.45, 7) is 3.88. The number of hydrogen-bond acceptors (Lipinski definition) is 2. The molecule has 1 saturated carbocycles. The number of carbonyl (C=O) groups excluding carboxylic acids is 1. The van der Waals surface area contributed by atoms with Crippen molar-refractivity contribution >= 4 is 6.29 Å². The van der Waals surface area contributed by atoms with Crippen LogP contribution in [0, 0.1) is 5.92 Å². The van der Waals surface area contributed by atoms with Crippen molar-refractivity contribution in [2.45, 2.75) is 25.4 Å². The molecule has 0 aromatic rings. The molecule has 0 spiro atoms. The van der Waals surface area contributed by atoms with Crippen LogP contribution in [0.3, 0.4) is 0 Å². The predicted molar refractivity (Wildman–Crippen MR) is 43.3 cm³/mol. The molecule has 11 heavy (non-hydrogen) atoms. The summed E-state index contributed by atoms with van der Waals surface area (Å²) >= 11 is 0. The van der Waals surface area contributed by atoms with Crippen molar-refractivity contribution in [1.82, 2.24) is 0 Å². The molecule has 0 amide bonds. The minimum absolute atomic E-state index is 0.231. The van der Waals surface area contributed by atoms with Gasteiger partial charge in [0.1, 0.15) is 12.9 Å². The van der Waals surface area contributed by atoms with Crippen LogP contribution in [0.2, 0.25) is 0 Å². The van der Waals surface area contributed by atoms with Crippen LogP contribution in [-0.2, 0) is 9.53 Å². The van der Waals surface area contributed by atoms with Gasteiger partial charge in [-0.15, -0.1) is 6.58 Å². The standard InChI is InChI=1S/C9H14O2/c1-2-3-9(8-4-5-8)11-7-6-10/h2,6,8-9H,1,3-5,7H2. The zero-order valence-corrected chi connectivity index (χ0v) is 6.66. The van der Waals surface area contributed by atoms with Gasteiger partial charge in [-0.2, -0.15) is 0 Å². The number of carbonyl (C=O) groups is 1. The topological polar surface area (TPSA) is 26.3 Å². The van der Waals surface area contributed by atoms with Crippen molar-refractivity contribution < 1.29 is 9.53 Å². The normalized spacial score (nSPS) is 19.3. The Hall–Kier alpha value is -0.630. The van der Waals surface area contributed by atoms with Gasteiger partial charge in [-0.3, -0.25) is 0 Å². The summed E-state index contributed by atoms with van der Waals surface area (Å²) in [7, 11) is 0. The number of rotatable bonds is 6. The maximum atomic E-state index is 10.0. The van der Waals surface area contributed by atoms with Crippen molar-refractivity contribution in [2.24, 2.45) is 5.92 Å². The van der Waals surface area contributed by atoms with Crippen molar-refractivity contribution in [3.63, 3.8) is 0 Å². The molecule has 1 fully saturated rings. The SMILES string of the molecule is C=CCC(OCC=O)C1CC1. The Morgan fingerprint density at radius 2 is 2.36 bits per heavy atom. The molecule has 1 aliphatic carbocycles. The summed E-state index contributed by atoms with van der Waals surface area (Å²) in [5.74, 6) is 0.688. The Kier molecular flexibility index (Phi) is 3.30. The second-order valence-corrected chi connectivity index (χ2v) is 2.90. The highest BCUT2D eigenvalue weighted by atomic mass is 16.5. The molecule has 0 saturated heterocycles. The average molecular weight is 154 g/mol. The molecule has 0 N–H and O–H groups in total. The molecule has 1 unspecified atom stereocenters. The second kappa shape index (κ2) is 4.29. The minimum Gasteiger partial charge on any atom is -0.370 e. The molecule has 1 atom stereocenters. The van der Waals surface area contributed by atoms with Crippen molar-refractivity contribution in [3.05, 3.63) is 12.7 Å². The van der Waals surface area contributed by atoms with E-state index in [4.69, 9.17) is 4.74 Å². The van der Waals surface area contributed by atoms with Gasteiger partial charge in [-0.25, -0.2) is 0 Å². The van der Waals surface area contributed by atoms with Gasteiger partial charge in [0.2, 0.25) is 0 Å². The van der Waals surface area contributed by atoms with Gasteiger partial charge >= 0.3 is 0 Å². The molecule has 0 heterocycles. The predicted octanol–water partition coefficient (Wildman–Crippen LogP) is 1.56. The maximum Gasteiger partial charge on any atom is 0.145 e. The molecule has 0 radical (unpaired) electrons. The van der Waals surface area contributed by atoms with Crippen molar-refractivity contribution in [1.29, 1.82) is 0 Å².